The van der Waals surface area contributed by atoms with Crippen LogP contribution in [0.4, 0.5) is 8.78 Å². The molecular formula is C20H22F2N2O3S2. The third kappa shape index (κ3) is 4.91. The maximum Gasteiger partial charge on any atom is 0.243 e. The van der Waals surface area contributed by atoms with E-state index in [-0.39, 0.29) is 29.8 Å². The highest BCUT2D eigenvalue weighted by molar-refractivity contribution is 7.89. The minimum Gasteiger partial charge on any atom is -0.334 e. The average molecular weight is 441 g/mol. The zero-order valence-corrected chi connectivity index (χ0v) is 17.4. The Morgan fingerprint density at radius 3 is 2.55 bits per heavy atom. The first-order valence-corrected chi connectivity index (χ1v) is 11.5. The fourth-order valence-corrected chi connectivity index (χ4v) is 5.57. The first-order chi connectivity index (χ1) is 13.8. The normalized spacial score (nSPS) is 15.9. The van der Waals surface area contributed by atoms with E-state index >= 15 is 0 Å². The molecule has 2 heterocycles. The average Bonchev–Trinajstić information content (AvgIpc) is 3.22. The molecule has 1 aromatic carbocycles. The zero-order valence-electron chi connectivity index (χ0n) is 15.8. The first-order valence-electron chi connectivity index (χ1n) is 9.20. The number of rotatable bonds is 7. The van der Waals surface area contributed by atoms with E-state index < -0.39 is 21.7 Å². The summed E-state index contributed by atoms with van der Waals surface area (Å²) < 4.78 is 53.2. The summed E-state index contributed by atoms with van der Waals surface area (Å²) in [6.07, 6.45) is 2.42. The molecule has 0 saturated carbocycles. The largest absolute Gasteiger partial charge is 0.334 e. The number of hydrogen-bond acceptors (Lipinski definition) is 4. The molecule has 1 aliphatic rings. The van der Waals surface area contributed by atoms with Crippen LogP contribution in [0, 0.1) is 17.6 Å². The molecule has 1 amide bonds. The Bertz CT molecular complexity index is 970. The molecule has 9 heteroatoms. The summed E-state index contributed by atoms with van der Waals surface area (Å²) in [5.41, 5.74) is 0. The lowest BCUT2D eigenvalue weighted by molar-refractivity contribution is -0.136. The molecule has 156 valence electrons. The maximum absolute atomic E-state index is 13.4. The van der Waals surface area contributed by atoms with Gasteiger partial charge < -0.3 is 4.90 Å². The first kappa shape index (κ1) is 21.6. The van der Waals surface area contributed by atoms with Gasteiger partial charge in [0, 0.05) is 30.4 Å². The fraction of sp³-hybridized carbons (Fsp3) is 0.350. The Balaban J connectivity index is 1.66. The summed E-state index contributed by atoms with van der Waals surface area (Å²) in [4.78, 5) is 15.5. The Morgan fingerprint density at radius 2 is 1.97 bits per heavy atom. The predicted molar refractivity (Wildman–Crippen MR) is 108 cm³/mol. The number of piperidine rings is 1. The van der Waals surface area contributed by atoms with Crippen molar-refractivity contribution < 1.29 is 22.0 Å². The van der Waals surface area contributed by atoms with Crippen molar-refractivity contribution in [2.45, 2.75) is 24.3 Å². The second kappa shape index (κ2) is 9.15. The minimum atomic E-state index is -3.93. The topological polar surface area (TPSA) is 57.7 Å². The van der Waals surface area contributed by atoms with Gasteiger partial charge in [0.15, 0.2) is 11.6 Å². The Hall–Kier alpha value is -2.10. The maximum atomic E-state index is 13.4. The zero-order chi connectivity index (χ0) is 21.0. The van der Waals surface area contributed by atoms with Gasteiger partial charge in [0.2, 0.25) is 15.9 Å². The van der Waals surface area contributed by atoms with Crippen molar-refractivity contribution in [2.75, 3.05) is 19.6 Å². The van der Waals surface area contributed by atoms with E-state index in [1.165, 1.54) is 4.31 Å². The number of nitrogens with zero attached hydrogens (tertiary/aromatic N) is 2. The van der Waals surface area contributed by atoms with E-state index in [1.807, 2.05) is 17.5 Å². The number of sulfonamides is 1. The van der Waals surface area contributed by atoms with Gasteiger partial charge in [-0.2, -0.15) is 4.31 Å². The standard InChI is InChI=1S/C20H22F2N2O3S2/c1-2-9-23(14-16-4-3-12-28-16)20(25)15-7-10-24(11-8-15)29(26,27)17-5-6-18(21)19(22)13-17/h2-6,12-13,15H,1,7-11,14H2. The van der Waals surface area contributed by atoms with Crippen molar-refractivity contribution in [3.05, 3.63) is 64.9 Å². The third-order valence-electron chi connectivity index (χ3n) is 4.92. The highest BCUT2D eigenvalue weighted by Gasteiger charge is 2.34. The van der Waals surface area contributed by atoms with Crippen LogP contribution in [0.5, 0.6) is 0 Å². The summed E-state index contributed by atoms with van der Waals surface area (Å²) >= 11 is 1.57. The quantitative estimate of drug-likeness (QED) is 0.618. The predicted octanol–water partition coefficient (Wildman–Crippen LogP) is 3.64. The second-order valence-corrected chi connectivity index (χ2v) is 9.81. The molecule has 0 atom stereocenters. The lowest BCUT2D eigenvalue weighted by Crippen LogP contribution is -2.44. The van der Waals surface area contributed by atoms with Crippen LogP contribution < -0.4 is 0 Å². The highest BCUT2D eigenvalue weighted by atomic mass is 32.2. The number of amides is 1. The van der Waals surface area contributed by atoms with Gasteiger partial charge in [0.25, 0.3) is 0 Å². The van der Waals surface area contributed by atoms with Gasteiger partial charge in [0.05, 0.1) is 11.4 Å². The summed E-state index contributed by atoms with van der Waals surface area (Å²) in [6.45, 7) is 4.93. The third-order valence-corrected chi connectivity index (χ3v) is 7.68. The van der Waals surface area contributed by atoms with Crippen molar-refractivity contribution in [1.29, 1.82) is 0 Å². The summed E-state index contributed by atoms with van der Waals surface area (Å²) in [5.74, 6) is -2.61. The molecule has 1 saturated heterocycles. The van der Waals surface area contributed by atoms with Crippen molar-refractivity contribution in [2.24, 2.45) is 5.92 Å². The lowest BCUT2D eigenvalue weighted by atomic mass is 9.96. The number of carbonyl (C=O) groups is 1. The van der Waals surface area contributed by atoms with Crippen molar-refractivity contribution in [3.63, 3.8) is 0 Å². The van der Waals surface area contributed by atoms with Crippen LogP contribution in [0.25, 0.3) is 0 Å². The smallest absolute Gasteiger partial charge is 0.243 e. The van der Waals surface area contributed by atoms with Crippen LogP contribution in [0.15, 0.2) is 53.3 Å². The monoisotopic (exact) mass is 440 g/mol. The van der Waals surface area contributed by atoms with E-state index in [2.05, 4.69) is 6.58 Å². The molecule has 5 nitrogen and oxygen atoms in total. The van der Waals surface area contributed by atoms with Crippen LogP contribution in [0.1, 0.15) is 17.7 Å². The fourth-order valence-electron chi connectivity index (χ4n) is 3.37. The van der Waals surface area contributed by atoms with Gasteiger partial charge in [0.1, 0.15) is 0 Å². The molecule has 0 radical (unpaired) electrons. The van der Waals surface area contributed by atoms with Crippen LogP contribution in [0.3, 0.4) is 0 Å². The molecule has 0 aliphatic carbocycles. The number of thiophene rings is 1. The molecule has 0 bridgehead atoms. The SMILES string of the molecule is C=CCN(Cc1cccs1)C(=O)C1CCN(S(=O)(=O)c2ccc(F)c(F)c2)CC1. The Morgan fingerprint density at radius 1 is 1.24 bits per heavy atom. The van der Waals surface area contributed by atoms with E-state index in [9.17, 15) is 22.0 Å². The minimum absolute atomic E-state index is 0.0248. The highest BCUT2D eigenvalue weighted by Crippen LogP contribution is 2.26. The van der Waals surface area contributed by atoms with Crippen molar-refractivity contribution in [3.8, 4) is 0 Å². The van der Waals surface area contributed by atoms with Gasteiger partial charge >= 0.3 is 0 Å². The summed E-state index contributed by atoms with van der Waals surface area (Å²) in [7, 11) is -3.93. The lowest BCUT2D eigenvalue weighted by Gasteiger charge is -2.33. The number of carbonyl (C=O) groups excluding carboxylic acids is 1. The molecular weight excluding hydrogens is 418 g/mol. The van der Waals surface area contributed by atoms with Gasteiger partial charge in [-0.15, -0.1) is 17.9 Å². The van der Waals surface area contributed by atoms with E-state index in [0.29, 0.717) is 32.0 Å². The van der Waals surface area contributed by atoms with E-state index in [4.69, 9.17) is 0 Å². The molecule has 1 aliphatic heterocycles. The van der Waals surface area contributed by atoms with E-state index in [1.54, 1.807) is 22.3 Å². The summed E-state index contributed by atoms with van der Waals surface area (Å²) in [5, 5.41) is 1.95. The van der Waals surface area contributed by atoms with Crippen LogP contribution in [-0.4, -0.2) is 43.2 Å². The van der Waals surface area contributed by atoms with Crippen molar-refractivity contribution >= 4 is 27.3 Å². The van der Waals surface area contributed by atoms with Gasteiger partial charge in [-0.25, -0.2) is 17.2 Å². The Labute approximate surface area is 173 Å². The summed E-state index contributed by atoms with van der Waals surface area (Å²) in [6, 6.07) is 6.44. The molecule has 2 aromatic rings. The molecule has 3 rings (SSSR count). The van der Waals surface area contributed by atoms with E-state index in [0.717, 1.165) is 17.0 Å². The molecule has 29 heavy (non-hydrogen) atoms. The van der Waals surface area contributed by atoms with Crippen LogP contribution in [-0.2, 0) is 21.4 Å². The Kier molecular flexibility index (Phi) is 6.81. The van der Waals surface area contributed by atoms with Gasteiger partial charge in [-0.1, -0.05) is 12.1 Å². The molecule has 0 spiro atoms. The molecule has 1 aromatic heterocycles. The van der Waals surface area contributed by atoms with Gasteiger partial charge in [-0.05, 0) is 42.5 Å². The van der Waals surface area contributed by atoms with Crippen molar-refractivity contribution in [1.82, 2.24) is 9.21 Å². The molecule has 1 fully saturated rings. The number of halogens is 2. The molecule has 0 N–H and O–H groups in total. The molecule has 0 unspecified atom stereocenters. The van der Waals surface area contributed by atoms with Crippen LogP contribution in [0.2, 0.25) is 0 Å². The number of hydrogen-bond donors (Lipinski definition) is 0. The van der Waals surface area contributed by atoms with Crippen LogP contribution >= 0.6 is 11.3 Å². The van der Waals surface area contributed by atoms with Gasteiger partial charge in [-0.3, -0.25) is 4.79 Å². The number of benzene rings is 1. The second-order valence-electron chi connectivity index (χ2n) is 6.84.